The summed E-state index contributed by atoms with van der Waals surface area (Å²) in [5.41, 5.74) is 0. The predicted octanol–water partition coefficient (Wildman–Crippen LogP) is 0.769. The van der Waals surface area contributed by atoms with E-state index in [1.54, 1.807) is 0 Å². The average Bonchev–Trinajstić information content (AvgIpc) is 1.59. The molecule has 0 fully saturated rings. The van der Waals surface area contributed by atoms with E-state index >= 15 is 0 Å². The van der Waals surface area contributed by atoms with E-state index in [0.29, 0.717) is 6.08 Å². The van der Waals surface area contributed by atoms with Crippen molar-refractivity contribution >= 4 is 10.2 Å². The first-order chi connectivity index (χ1) is 3.56. The Kier molecular flexibility index (Phi) is 2.60. The molecule has 0 aliphatic rings. The van der Waals surface area contributed by atoms with Crippen molar-refractivity contribution < 1.29 is 16.7 Å². The van der Waals surface area contributed by atoms with Crippen LogP contribution in [0.4, 0.5) is 8.28 Å². The van der Waals surface area contributed by atoms with Gasteiger partial charge in [0.2, 0.25) is 0 Å². The Morgan fingerprint density at radius 2 is 2.00 bits per heavy atom. The molecular formula is C3H4F2O2S. The van der Waals surface area contributed by atoms with Crippen LogP contribution in [-0.2, 0) is 10.2 Å². The highest BCUT2D eigenvalue weighted by Gasteiger charge is 2.00. The van der Waals surface area contributed by atoms with E-state index in [0.717, 1.165) is 0 Å². The lowest BCUT2D eigenvalue weighted by atomic mass is 10.7. The normalized spacial score (nSPS) is 12.8. The van der Waals surface area contributed by atoms with Crippen molar-refractivity contribution in [3.8, 4) is 0 Å². The third kappa shape index (κ3) is 5.55. The largest absolute Gasteiger partial charge is 0.306 e. The van der Waals surface area contributed by atoms with Gasteiger partial charge in [0.1, 0.15) is 5.75 Å². The van der Waals surface area contributed by atoms with Gasteiger partial charge in [0, 0.05) is 0 Å². The Labute approximate surface area is 46.0 Å². The number of hydrogen-bond donors (Lipinski definition) is 0. The lowest BCUT2D eigenvalue weighted by Crippen LogP contribution is -1.92. The van der Waals surface area contributed by atoms with E-state index in [-0.39, 0.29) is 6.33 Å². The average molecular weight is 142 g/mol. The minimum absolute atomic E-state index is 0.0167. The quantitative estimate of drug-likeness (QED) is 0.533. The van der Waals surface area contributed by atoms with Crippen LogP contribution in [0.15, 0.2) is 12.4 Å². The molecule has 8 heavy (non-hydrogen) atoms. The van der Waals surface area contributed by atoms with E-state index in [9.17, 15) is 16.7 Å². The minimum Gasteiger partial charge on any atom is -0.216 e. The van der Waals surface area contributed by atoms with Crippen LogP contribution < -0.4 is 0 Å². The molecule has 0 aliphatic heterocycles. The Morgan fingerprint density at radius 1 is 1.50 bits per heavy atom. The zero-order valence-corrected chi connectivity index (χ0v) is 4.66. The summed E-state index contributed by atoms with van der Waals surface area (Å²) in [6.45, 7) is 0. The Morgan fingerprint density at radius 3 is 2.12 bits per heavy atom. The van der Waals surface area contributed by atoms with E-state index in [1.807, 2.05) is 0 Å². The minimum atomic E-state index is -4.51. The van der Waals surface area contributed by atoms with Crippen LogP contribution in [-0.4, -0.2) is 14.2 Å². The second-order valence-corrected chi connectivity index (χ2v) is 2.48. The van der Waals surface area contributed by atoms with Crippen LogP contribution >= 0.6 is 0 Å². The molecule has 0 heterocycles. The highest BCUT2D eigenvalue weighted by atomic mass is 32.3. The van der Waals surface area contributed by atoms with Gasteiger partial charge in [-0.05, 0) is 6.08 Å². The van der Waals surface area contributed by atoms with Gasteiger partial charge in [-0.25, -0.2) is 4.39 Å². The molecule has 0 radical (unpaired) electrons. The van der Waals surface area contributed by atoms with E-state index < -0.39 is 16.0 Å². The molecule has 0 N–H and O–H groups in total. The summed E-state index contributed by atoms with van der Waals surface area (Å²) in [7, 11) is -4.51. The van der Waals surface area contributed by atoms with Gasteiger partial charge < -0.3 is 0 Å². The van der Waals surface area contributed by atoms with Crippen molar-refractivity contribution in [3.05, 3.63) is 12.4 Å². The fourth-order valence-corrected chi connectivity index (χ4v) is 0.454. The second kappa shape index (κ2) is 2.76. The van der Waals surface area contributed by atoms with E-state index in [4.69, 9.17) is 0 Å². The molecule has 0 aliphatic carbocycles. The molecule has 0 saturated carbocycles. The summed E-state index contributed by atoms with van der Waals surface area (Å²) in [5.74, 6) is -0.885. The van der Waals surface area contributed by atoms with Crippen LogP contribution in [0.1, 0.15) is 0 Å². The SMILES string of the molecule is O=S(=O)(F)CC=CF. The molecule has 5 heteroatoms. The van der Waals surface area contributed by atoms with Crippen molar-refractivity contribution in [2.45, 2.75) is 0 Å². The first kappa shape index (κ1) is 7.55. The zero-order chi connectivity index (χ0) is 6.62. The standard InChI is InChI=1S/C3H4F2O2S/c4-2-1-3-8(5,6)7/h1-2H,3H2. The van der Waals surface area contributed by atoms with E-state index in [2.05, 4.69) is 0 Å². The van der Waals surface area contributed by atoms with Gasteiger partial charge in [-0.3, -0.25) is 0 Å². The lowest BCUT2D eigenvalue weighted by Gasteiger charge is -1.79. The van der Waals surface area contributed by atoms with Crippen LogP contribution in [0.25, 0.3) is 0 Å². The molecule has 2 nitrogen and oxygen atoms in total. The number of hydrogen-bond acceptors (Lipinski definition) is 2. The molecule has 48 valence electrons. The third-order valence-electron chi connectivity index (χ3n) is 0.384. The summed E-state index contributed by atoms with van der Waals surface area (Å²) < 4.78 is 41.3. The monoisotopic (exact) mass is 142 g/mol. The van der Waals surface area contributed by atoms with Crippen LogP contribution in [0.5, 0.6) is 0 Å². The maximum atomic E-state index is 11.3. The first-order valence-corrected chi connectivity index (χ1v) is 3.29. The maximum Gasteiger partial charge on any atom is 0.306 e. The van der Waals surface area contributed by atoms with Gasteiger partial charge in [-0.1, -0.05) is 0 Å². The van der Waals surface area contributed by atoms with Crippen LogP contribution in [0.3, 0.4) is 0 Å². The highest BCUT2D eigenvalue weighted by Crippen LogP contribution is 1.90. The fraction of sp³-hybridized carbons (Fsp3) is 0.333. The Bertz CT molecular complexity index is 170. The molecule has 0 amide bonds. The lowest BCUT2D eigenvalue weighted by molar-refractivity contribution is 0.555. The summed E-state index contributed by atoms with van der Waals surface area (Å²) >= 11 is 0. The second-order valence-electron chi connectivity index (χ2n) is 1.07. The number of halogens is 2. The predicted molar refractivity (Wildman–Crippen MR) is 25.1 cm³/mol. The summed E-state index contributed by atoms with van der Waals surface area (Å²) in [6.07, 6.45) is 0.562. The zero-order valence-electron chi connectivity index (χ0n) is 3.84. The highest BCUT2D eigenvalue weighted by molar-refractivity contribution is 7.86. The molecule has 0 saturated heterocycles. The van der Waals surface area contributed by atoms with Gasteiger partial charge >= 0.3 is 10.2 Å². The molecule has 0 aromatic carbocycles. The molecule has 0 aromatic rings. The summed E-state index contributed by atoms with van der Waals surface area (Å²) in [5, 5.41) is 0. The molecule has 0 bridgehead atoms. The van der Waals surface area contributed by atoms with E-state index in [1.165, 1.54) is 0 Å². The molecule has 0 atom stereocenters. The van der Waals surface area contributed by atoms with Crippen molar-refractivity contribution in [2.24, 2.45) is 0 Å². The Balaban J connectivity index is 3.76. The topological polar surface area (TPSA) is 34.1 Å². The van der Waals surface area contributed by atoms with Crippen molar-refractivity contribution in [2.75, 3.05) is 5.75 Å². The van der Waals surface area contributed by atoms with Gasteiger partial charge in [-0.2, -0.15) is 8.42 Å². The molecule has 0 unspecified atom stereocenters. The van der Waals surface area contributed by atoms with Crippen molar-refractivity contribution in [1.82, 2.24) is 0 Å². The third-order valence-corrected chi connectivity index (χ3v) is 0.975. The van der Waals surface area contributed by atoms with Gasteiger partial charge in [0.15, 0.2) is 0 Å². The van der Waals surface area contributed by atoms with Crippen molar-refractivity contribution in [1.29, 1.82) is 0 Å². The Hall–Kier alpha value is -0.450. The fourth-order valence-electron chi connectivity index (χ4n) is 0.151. The van der Waals surface area contributed by atoms with Gasteiger partial charge in [0.25, 0.3) is 0 Å². The molecule has 0 aromatic heterocycles. The van der Waals surface area contributed by atoms with Gasteiger partial charge in [-0.15, -0.1) is 3.89 Å². The molecule has 0 spiro atoms. The maximum absolute atomic E-state index is 11.3. The molecular weight excluding hydrogens is 138 g/mol. The van der Waals surface area contributed by atoms with Gasteiger partial charge in [0.05, 0.1) is 6.33 Å². The van der Waals surface area contributed by atoms with Crippen LogP contribution in [0.2, 0.25) is 0 Å². The summed E-state index contributed by atoms with van der Waals surface area (Å²) in [4.78, 5) is 0. The van der Waals surface area contributed by atoms with Crippen molar-refractivity contribution in [3.63, 3.8) is 0 Å². The summed E-state index contributed by atoms with van der Waals surface area (Å²) in [6, 6.07) is 0. The number of rotatable bonds is 2. The first-order valence-electron chi connectivity index (χ1n) is 1.74. The van der Waals surface area contributed by atoms with Crippen LogP contribution in [0, 0.1) is 0 Å². The molecule has 0 rings (SSSR count). The smallest absolute Gasteiger partial charge is 0.216 e.